The van der Waals surface area contributed by atoms with Crippen LogP contribution < -0.4 is 10.5 Å². The minimum Gasteiger partial charge on any atom is -0.489 e. The average molecular weight is 278 g/mol. The van der Waals surface area contributed by atoms with Gasteiger partial charge in [-0.15, -0.1) is 0 Å². The third-order valence-electron chi connectivity index (χ3n) is 3.69. The van der Waals surface area contributed by atoms with E-state index in [1.807, 2.05) is 12.1 Å². The van der Waals surface area contributed by atoms with Crippen molar-refractivity contribution in [3.8, 4) is 5.75 Å². The molecule has 1 aromatic carbocycles. The van der Waals surface area contributed by atoms with E-state index < -0.39 is 6.09 Å². The first-order valence-corrected chi connectivity index (χ1v) is 6.79. The molecule has 0 saturated carbocycles. The molecule has 1 fully saturated rings. The van der Waals surface area contributed by atoms with E-state index in [0.717, 1.165) is 5.75 Å². The molecule has 5 nitrogen and oxygen atoms in total. The van der Waals surface area contributed by atoms with Gasteiger partial charge in [0.15, 0.2) is 0 Å². The van der Waals surface area contributed by atoms with E-state index in [1.54, 1.807) is 12.1 Å². The highest BCUT2D eigenvalue weighted by molar-refractivity contribution is 5.66. The molecule has 2 rings (SSSR count). The molecule has 0 spiro atoms. The number of nitrogens with two attached hydrogens (primary N) is 1. The van der Waals surface area contributed by atoms with Crippen LogP contribution in [0.15, 0.2) is 24.3 Å². The van der Waals surface area contributed by atoms with Crippen LogP contribution in [0.1, 0.15) is 27.2 Å². The first kappa shape index (κ1) is 14.5. The zero-order valence-electron chi connectivity index (χ0n) is 12.2. The summed E-state index contributed by atoms with van der Waals surface area (Å²) in [5.41, 5.74) is 6.22. The molecule has 1 aromatic rings. The summed E-state index contributed by atoms with van der Waals surface area (Å²) in [5.74, 6) is 0.726. The molecule has 0 radical (unpaired) electrons. The first-order chi connectivity index (χ1) is 9.27. The van der Waals surface area contributed by atoms with Crippen molar-refractivity contribution < 1.29 is 14.6 Å². The van der Waals surface area contributed by atoms with E-state index in [0.29, 0.717) is 18.7 Å². The largest absolute Gasteiger partial charge is 0.489 e. The van der Waals surface area contributed by atoms with Gasteiger partial charge in [-0.1, -0.05) is 20.8 Å². The Hall–Kier alpha value is -1.91. The number of carbonyl (C=O) groups is 1. The SMILES string of the molecule is CC(C)(C)C1CC(Oc2ccc(N)cc2)CN1C(=O)O. The lowest BCUT2D eigenvalue weighted by molar-refractivity contribution is 0.106. The molecule has 110 valence electrons. The molecule has 1 aliphatic heterocycles. The molecule has 3 N–H and O–H groups in total. The van der Waals surface area contributed by atoms with Gasteiger partial charge in [-0.25, -0.2) is 4.79 Å². The summed E-state index contributed by atoms with van der Waals surface area (Å²) in [7, 11) is 0. The fourth-order valence-electron chi connectivity index (χ4n) is 2.65. The maximum Gasteiger partial charge on any atom is 0.407 e. The molecule has 0 aliphatic carbocycles. The molecule has 1 aliphatic rings. The second-order valence-corrected chi connectivity index (χ2v) is 6.36. The van der Waals surface area contributed by atoms with Crippen LogP contribution in [0.4, 0.5) is 10.5 Å². The predicted octanol–water partition coefficient (Wildman–Crippen LogP) is 2.81. The number of carboxylic acid groups (broad SMARTS) is 1. The summed E-state index contributed by atoms with van der Waals surface area (Å²) in [5, 5.41) is 9.32. The average Bonchev–Trinajstić information content (AvgIpc) is 2.76. The van der Waals surface area contributed by atoms with E-state index >= 15 is 0 Å². The van der Waals surface area contributed by atoms with Gasteiger partial charge in [-0.3, -0.25) is 0 Å². The van der Waals surface area contributed by atoms with Gasteiger partial charge in [0, 0.05) is 18.2 Å². The number of benzene rings is 1. The van der Waals surface area contributed by atoms with Crippen LogP contribution in [0.25, 0.3) is 0 Å². The summed E-state index contributed by atoms with van der Waals surface area (Å²) in [6.07, 6.45) is -0.285. The number of anilines is 1. The number of likely N-dealkylation sites (tertiary alicyclic amines) is 1. The Bertz CT molecular complexity index is 479. The van der Waals surface area contributed by atoms with E-state index in [1.165, 1.54) is 4.90 Å². The normalized spacial score (nSPS) is 22.9. The second-order valence-electron chi connectivity index (χ2n) is 6.36. The van der Waals surface area contributed by atoms with Crippen LogP contribution in [0.3, 0.4) is 0 Å². The summed E-state index contributed by atoms with van der Waals surface area (Å²) in [6, 6.07) is 7.15. The van der Waals surface area contributed by atoms with Crippen LogP contribution in [-0.2, 0) is 0 Å². The van der Waals surface area contributed by atoms with Crippen LogP contribution >= 0.6 is 0 Å². The van der Waals surface area contributed by atoms with Gasteiger partial charge >= 0.3 is 6.09 Å². The molecule has 2 unspecified atom stereocenters. The third kappa shape index (κ3) is 3.15. The Kier molecular flexibility index (Phi) is 3.79. The maximum atomic E-state index is 11.4. The number of ether oxygens (including phenoxy) is 1. The van der Waals surface area contributed by atoms with Gasteiger partial charge in [0.2, 0.25) is 0 Å². The van der Waals surface area contributed by atoms with Crippen molar-refractivity contribution in [2.45, 2.75) is 39.3 Å². The van der Waals surface area contributed by atoms with E-state index in [-0.39, 0.29) is 17.6 Å². The second kappa shape index (κ2) is 5.23. The van der Waals surface area contributed by atoms with Gasteiger partial charge in [0.05, 0.1) is 6.54 Å². The first-order valence-electron chi connectivity index (χ1n) is 6.79. The van der Waals surface area contributed by atoms with Crippen LogP contribution in [0, 0.1) is 5.41 Å². The Morgan fingerprint density at radius 2 is 1.95 bits per heavy atom. The molecule has 1 heterocycles. The molecule has 1 saturated heterocycles. The Labute approximate surface area is 119 Å². The van der Waals surface area contributed by atoms with Gasteiger partial charge in [-0.2, -0.15) is 0 Å². The lowest BCUT2D eigenvalue weighted by Gasteiger charge is -2.32. The van der Waals surface area contributed by atoms with Crippen LogP contribution in [-0.4, -0.2) is 34.8 Å². The van der Waals surface area contributed by atoms with Crippen molar-refractivity contribution in [3.05, 3.63) is 24.3 Å². The standard InChI is InChI=1S/C15H22N2O3/c1-15(2,3)13-8-12(9-17(13)14(18)19)20-11-6-4-10(16)5-7-11/h4-7,12-13H,8-9,16H2,1-3H3,(H,18,19). The van der Waals surface area contributed by atoms with E-state index in [9.17, 15) is 9.90 Å². The smallest absolute Gasteiger partial charge is 0.407 e. The highest BCUT2D eigenvalue weighted by Gasteiger charge is 2.42. The number of rotatable bonds is 2. The van der Waals surface area contributed by atoms with Crippen molar-refractivity contribution in [2.24, 2.45) is 5.41 Å². The summed E-state index contributed by atoms with van der Waals surface area (Å²) < 4.78 is 5.88. The van der Waals surface area contributed by atoms with Gasteiger partial charge in [0.1, 0.15) is 11.9 Å². The van der Waals surface area contributed by atoms with Gasteiger partial charge in [0.25, 0.3) is 0 Å². The Balaban J connectivity index is 2.08. The number of nitrogens with zero attached hydrogens (tertiary/aromatic N) is 1. The lowest BCUT2D eigenvalue weighted by atomic mass is 9.85. The highest BCUT2D eigenvalue weighted by atomic mass is 16.5. The maximum absolute atomic E-state index is 11.4. The molecular formula is C15H22N2O3. The molecule has 0 bridgehead atoms. The van der Waals surface area contributed by atoms with Crippen molar-refractivity contribution in [3.63, 3.8) is 0 Å². The quantitative estimate of drug-likeness (QED) is 0.816. The molecular weight excluding hydrogens is 256 g/mol. The number of hydrogen-bond acceptors (Lipinski definition) is 3. The minimum absolute atomic E-state index is 0.0289. The van der Waals surface area contributed by atoms with Crippen molar-refractivity contribution in [2.75, 3.05) is 12.3 Å². The van der Waals surface area contributed by atoms with Gasteiger partial charge < -0.3 is 20.5 Å². The fraction of sp³-hybridized carbons (Fsp3) is 0.533. The number of hydrogen-bond donors (Lipinski definition) is 2. The zero-order chi connectivity index (χ0) is 14.9. The number of nitrogen functional groups attached to an aromatic ring is 1. The monoisotopic (exact) mass is 278 g/mol. The van der Waals surface area contributed by atoms with Crippen molar-refractivity contribution in [1.29, 1.82) is 0 Å². The van der Waals surface area contributed by atoms with E-state index in [4.69, 9.17) is 10.5 Å². The summed E-state index contributed by atoms with van der Waals surface area (Å²) in [4.78, 5) is 12.8. The lowest BCUT2D eigenvalue weighted by Crippen LogP contribution is -2.42. The molecule has 2 atom stereocenters. The van der Waals surface area contributed by atoms with Crippen molar-refractivity contribution in [1.82, 2.24) is 4.90 Å². The predicted molar refractivity (Wildman–Crippen MR) is 77.9 cm³/mol. The van der Waals surface area contributed by atoms with Crippen LogP contribution in [0.5, 0.6) is 5.75 Å². The van der Waals surface area contributed by atoms with Crippen molar-refractivity contribution >= 4 is 11.8 Å². The molecule has 5 heteroatoms. The van der Waals surface area contributed by atoms with Gasteiger partial charge in [-0.05, 0) is 29.7 Å². The summed E-state index contributed by atoms with van der Waals surface area (Å²) >= 11 is 0. The van der Waals surface area contributed by atoms with Crippen LogP contribution in [0.2, 0.25) is 0 Å². The topological polar surface area (TPSA) is 75.8 Å². The zero-order valence-corrected chi connectivity index (χ0v) is 12.2. The number of amides is 1. The summed E-state index contributed by atoms with van der Waals surface area (Å²) in [6.45, 7) is 6.57. The highest BCUT2D eigenvalue weighted by Crippen LogP contribution is 2.34. The molecule has 1 amide bonds. The third-order valence-corrected chi connectivity index (χ3v) is 3.69. The molecule has 0 aromatic heterocycles. The Morgan fingerprint density at radius 1 is 1.35 bits per heavy atom. The Morgan fingerprint density at radius 3 is 2.40 bits per heavy atom. The molecule has 20 heavy (non-hydrogen) atoms. The van der Waals surface area contributed by atoms with E-state index in [2.05, 4.69) is 20.8 Å². The fourth-order valence-corrected chi connectivity index (χ4v) is 2.65. The minimum atomic E-state index is -0.881.